The van der Waals surface area contributed by atoms with Gasteiger partial charge in [0.15, 0.2) is 0 Å². The zero-order valence-electron chi connectivity index (χ0n) is 16.4. The van der Waals surface area contributed by atoms with Crippen molar-refractivity contribution in [1.82, 2.24) is 10.2 Å². The summed E-state index contributed by atoms with van der Waals surface area (Å²) in [5.41, 5.74) is 4.19. The molecule has 0 aliphatic carbocycles. The van der Waals surface area contributed by atoms with Gasteiger partial charge < -0.3 is 10.2 Å². The smallest absolute Gasteiger partial charge is 0.242 e. The van der Waals surface area contributed by atoms with Gasteiger partial charge in [0, 0.05) is 18.1 Å². The van der Waals surface area contributed by atoms with Crippen molar-refractivity contribution in [2.75, 3.05) is 6.54 Å². The summed E-state index contributed by atoms with van der Waals surface area (Å²) in [6.07, 6.45) is 0.255. The van der Waals surface area contributed by atoms with E-state index in [0.717, 1.165) is 16.7 Å². The van der Waals surface area contributed by atoms with Gasteiger partial charge in [-0.2, -0.15) is 0 Å². The molecular formula is C22H27ClN2O2. The maximum Gasteiger partial charge on any atom is 0.242 e. The van der Waals surface area contributed by atoms with Gasteiger partial charge in [0.1, 0.15) is 6.04 Å². The lowest BCUT2D eigenvalue weighted by Crippen LogP contribution is -2.48. The van der Waals surface area contributed by atoms with E-state index in [0.29, 0.717) is 18.1 Å². The summed E-state index contributed by atoms with van der Waals surface area (Å²) >= 11 is 6.08. The van der Waals surface area contributed by atoms with E-state index in [2.05, 4.69) is 5.32 Å². The Morgan fingerprint density at radius 2 is 1.81 bits per heavy atom. The Labute approximate surface area is 166 Å². The van der Waals surface area contributed by atoms with Crippen molar-refractivity contribution in [3.05, 3.63) is 69.7 Å². The van der Waals surface area contributed by atoms with Crippen LogP contribution in [0.4, 0.5) is 0 Å². The van der Waals surface area contributed by atoms with Crippen LogP contribution in [0.5, 0.6) is 0 Å². The summed E-state index contributed by atoms with van der Waals surface area (Å²) in [4.78, 5) is 27.0. The van der Waals surface area contributed by atoms with Gasteiger partial charge in [-0.15, -0.1) is 0 Å². The molecule has 0 aliphatic heterocycles. The van der Waals surface area contributed by atoms with E-state index in [1.165, 1.54) is 5.56 Å². The molecule has 5 heteroatoms. The number of rotatable bonds is 7. The predicted octanol–water partition coefficient (Wildman–Crippen LogP) is 4.05. The molecule has 0 aromatic heterocycles. The highest BCUT2D eigenvalue weighted by Gasteiger charge is 2.26. The number of carbonyl (C=O) groups excluding carboxylic acids is 2. The number of likely N-dealkylation sites (N-methyl/N-ethyl adjacent to an activating group) is 1. The molecule has 0 saturated carbocycles. The van der Waals surface area contributed by atoms with Crippen LogP contribution in [-0.2, 0) is 22.6 Å². The Bertz CT molecular complexity index is 820. The van der Waals surface area contributed by atoms with E-state index in [1.807, 2.05) is 57.2 Å². The molecule has 0 aliphatic rings. The number of nitrogens with zero attached hydrogens (tertiary/aromatic N) is 1. The first kappa shape index (κ1) is 21.0. The van der Waals surface area contributed by atoms with Crippen molar-refractivity contribution in [2.24, 2.45) is 0 Å². The molecule has 0 radical (unpaired) electrons. The maximum atomic E-state index is 13.1. The molecule has 1 atom stereocenters. The summed E-state index contributed by atoms with van der Waals surface area (Å²) in [6, 6.07) is 12.8. The highest BCUT2D eigenvalue weighted by Crippen LogP contribution is 2.17. The van der Waals surface area contributed by atoms with Gasteiger partial charge in [-0.3, -0.25) is 9.59 Å². The molecule has 0 saturated heterocycles. The lowest BCUT2D eigenvalue weighted by molar-refractivity contribution is -0.140. The van der Waals surface area contributed by atoms with Gasteiger partial charge >= 0.3 is 0 Å². The van der Waals surface area contributed by atoms with Gasteiger partial charge in [0.25, 0.3) is 0 Å². The lowest BCUT2D eigenvalue weighted by Gasteiger charge is -2.29. The number of halogens is 1. The van der Waals surface area contributed by atoms with E-state index in [-0.39, 0.29) is 18.2 Å². The van der Waals surface area contributed by atoms with E-state index >= 15 is 0 Å². The van der Waals surface area contributed by atoms with Crippen LogP contribution >= 0.6 is 11.6 Å². The summed E-state index contributed by atoms with van der Waals surface area (Å²) in [5, 5.41) is 3.41. The molecule has 2 aromatic carbocycles. The Hall–Kier alpha value is -2.33. The molecule has 0 heterocycles. The second kappa shape index (κ2) is 9.56. The first-order valence-electron chi connectivity index (χ1n) is 9.19. The fraction of sp³-hybridized carbons (Fsp3) is 0.364. The van der Waals surface area contributed by atoms with Crippen molar-refractivity contribution >= 4 is 23.4 Å². The van der Waals surface area contributed by atoms with E-state index < -0.39 is 6.04 Å². The third-order valence-electron chi connectivity index (χ3n) is 4.69. The summed E-state index contributed by atoms with van der Waals surface area (Å²) in [6.45, 7) is 8.56. The average Bonchev–Trinajstić information content (AvgIpc) is 2.62. The molecule has 0 fully saturated rings. The average molecular weight is 387 g/mol. The third-order valence-corrected chi connectivity index (χ3v) is 4.92. The summed E-state index contributed by atoms with van der Waals surface area (Å²) in [5.74, 6) is -0.245. The highest BCUT2D eigenvalue weighted by molar-refractivity contribution is 6.30. The minimum absolute atomic E-state index is 0.0861. The van der Waals surface area contributed by atoms with Gasteiger partial charge in [-0.25, -0.2) is 0 Å². The van der Waals surface area contributed by atoms with E-state index in [1.54, 1.807) is 17.9 Å². The SMILES string of the molecule is CCNC(=O)[C@@H](C)N(Cc1cccc(Cl)c1)C(=O)Cc1ccc(C)c(C)c1. The number of hydrogen-bond acceptors (Lipinski definition) is 2. The Morgan fingerprint density at radius 1 is 1.07 bits per heavy atom. The number of hydrogen-bond donors (Lipinski definition) is 1. The van der Waals surface area contributed by atoms with Crippen LogP contribution in [0.25, 0.3) is 0 Å². The number of nitrogens with one attached hydrogen (secondary N) is 1. The van der Waals surface area contributed by atoms with Crippen molar-refractivity contribution in [3.63, 3.8) is 0 Å². The number of amides is 2. The maximum absolute atomic E-state index is 13.1. The molecule has 0 unspecified atom stereocenters. The normalized spacial score (nSPS) is 11.7. The second-order valence-electron chi connectivity index (χ2n) is 6.82. The van der Waals surface area contributed by atoms with Crippen molar-refractivity contribution in [3.8, 4) is 0 Å². The first-order chi connectivity index (χ1) is 12.8. The zero-order valence-corrected chi connectivity index (χ0v) is 17.1. The molecule has 0 bridgehead atoms. The van der Waals surface area contributed by atoms with Crippen LogP contribution < -0.4 is 5.32 Å². The van der Waals surface area contributed by atoms with E-state index in [9.17, 15) is 9.59 Å². The van der Waals surface area contributed by atoms with Crippen LogP contribution in [0.1, 0.15) is 36.1 Å². The van der Waals surface area contributed by atoms with Crippen LogP contribution in [0.15, 0.2) is 42.5 Å². The summed E-state index contributed by atoms with van der Waals surface area (Å²) < 4.78 is 0. The highest BCUT2D eigenvalue weighted by atomic mass is 35.5. The van der Waals surface area contributed by atoms with E-state index in [4.69, 9.17) is 11.6 Å². The van der Waals surface area contributed by atoms with Crippen molar-refractivity contribution < 1.29 is 9.59 Å². The molecule has 27 heavy (non-hydrogen) atoms. The zero-order chi connectivity index (χ0) is 20.0. The Kier molecular flexibility index (Phi) is 7.43. The third kappa shape index (κ3) is 5.83. The molecule has 0 spiro atoms. The van der Waals surface area contributed by atoms with Crippen LogP contribution in [0.3, 0.4) is 0 Å². The molecule has 2 rings (SSSR count). The fourth-order valence-corrected chi connectivity index (χ4v) is 3.14. The number of benzene rings is 2. The molecule has 2 aromatic rings. The number of aryl methyl sites for hydroxylation is 2. The Morgan fingerprint density at radius 3 is 2.44 bits per heavy atom. The van der Waals surface area contributed by atoms with Crippen LogP contribution in [0, 0.1) is 13.8 Å². The van der Waals surface area contributed by atoms with Gasteiger partial charge in [0.05, 0.1) is 6.42 Å². The van der Waals surface area contributed by atoms with Gasteiger partial charge in [-0.05, 0) is 62.1 Å². The minimum Gasteiger partial charge on any atom is -0.355 e. The van der Waals surface area contributed by atoms with Crippen LogP contribution in [0.2, 0.25) is 5.02 Å². The number of carbonyl (C=O) groups is 2. The molecular weight excluding hydrogens is 360 g/mol. The molecule has 4 nitrogen and oxygen atoms in total. The second-order valence-corrected chi connectivity index (χ2v) is 7.25. The van der Waals surface area contributed by atoms with Crippen LogP contribution in [-0.4, -0.2) is 29.3 Å². The van der Waals surface area contributed by atoms with Crippen molar-refractivity contribution in [2.45, 2.75) is 46.7 Å². The van der Waals surface area contributed by atoms with Gasteiger partial charge in [0.2, 0.25) is 11.8 Å². The largest absolute Gasteiger partial charge is 0.355 e. The van der Waals surface area contributed by atoms with Crippen molar-refractivity contribution in [1.29, 1.82) is 0 Å². The fourth-order valence-electron chi connectivity index (χ4n) is 2.93. The minimum atomic E-state index is -0.567. The van der Waals surface area contributed by atoms with Gasteiger partial charge in [-0.1, -0.05) is 41.9 Å². The predicted molar refractivity (Wildman–Crippen MR) is 110 cm³/mol. The standard InChI is InChI=1S/C22H27ClN2O2/c1-5-24-22(27)17(4)25(14-19-7-6-8-20(23)12-19)21(26)13-18-10-9-15(2)16(3)11-18/h6-12,17H,5,13-14H2,1-4H3,(H,24,27)/t17-/m1/s1. The first-order valence-corrected chi connectivity index (χ1v) is 9.57. The quantitative estimate of drug-likeness (QED) is 0.780. The lowest BCUT2D eigenvalue weighted by atomic mass is 10.0. The monoisotopic (exact) mass is 386 g/mol. The summed E-state index contributed by atoms with van der Waals surface area (Å²) in [7, 11) is 0. The topological polar surface area (TPSA) is 49.4 Å². The molecule has 2 amide bonds. The molecule has 144 valence electrons. The molecule has 1 N–H and O–H groups in total. The Balaban J connectivity index is 2.25.